The zero-order valence-corrected chi connectivity index (χ0v) is 37.0. The summed E-state index contributed by atoms with van der Waals surface area (Å²) in [4.78, 5) is 37.7. The molecule has 0 aliphatic rings. The van der Waals surface area contributed by atoms with E-state index in [2.05, 4.69) is 32.9 Å². The van der Waals surface area contributed by atoms with Gasteiger partial charge in [0.05, 0.1) is 0 Å². The van der Waals surface area contributed by atoms with Gasteiger partial charge < -0.3 is 14.2 Å². The van der Waals surface area contributed by atoms with Crippen LogP contribution in [0.15, 0.2) is 12.2 Å². The van der Waals surface area contributed by atoms with Crippen LogP contribution in [0.4, 0.5) is 0 Å². The molecule has 1 atom stereocenters. The van der Waals surface area contributed by atoms with Gasteiger partial charge in [-0.15, -0.1) is 0 Å². The molecule has 55 heavy (non-hydrogen) atoms. The second-order valence-electron chi connectivity index (χ2n) is 16.4. The second kappa shape index (κ2) is 44.9. The summed E-state index contributed by atoms with van der Waals surface area (Å²) in [6.07, 6.45) is 47.7. The van der Waals surface area contributed by atoms with E-state index in [4.69, 9.17) is 14.2 Å². The van der Waals surface area contributed by atoms with Crippen LogP contribution in [-0.4, -0.2) is 37.2 Å². The van der Waals surface area contributed by atoms with Crippen LogP contribution >= 0.6 is 0 Å². The highest BCUT2D eigenvalue weighted by molar-refractivity contribution is 5.71. The van der Waals surface area contributed by atoms with Crippen molar-refractivity contribution in [2.45, 2.75) is 271 Å². The predicted molar refractivity (Wildman–Crippen MR) is 233 cm³/mol. The highest BCUT2D eigenvalue weighted by Gasteiger charge is 2.19. The molecule has 0 amide bonds. The summed E-state index contributed by atoms with van der Waals surface area (Å²) in [7, 11) is 0. The van der Waals surface area contributed by atoms with Crippen molar-refractivity contribution < 1.29 is 28.6 Å². The van der Waals surface area contributed by atoms with E-state index in [9.17, 15) is 14.4 Å². The molecule has 1 unspecified atom stereocenters. The monoisotopic (exact) mass is 777 g/mol. The molecule has 0 fully saturated rings. The van der Waals surface area contributed by atoms with Gasteiger partial charge in [-0.25, -0.2) is 0 Å². The van der Waals surface area contributed by atoms with Crippen LogP contribution in [0, 0.1) is 0 Å². The molecular weight excluding hydrogens is 685 g/mol. The normalized spacial score (nSPS) is 12.0. The van der Waals surface area contributed by atoms with Gasteiger partial charge in [0.1, 0.15) is 13.2 Å². The smallest absolute Gasteiger partial charge is 0.306 e. The molecular formula is C49H92O6. The van der Waals surface area contributed by atoms with Crippen LogP contribution in [-0.2, 0) is 28.6 Å². The Kier molecular flexibility index (Phi) is 43.4. The van der Waals surface area contributed by atoms with Gasteiger partial charge in [0.25, 0.3) is 0 Å². The highest BCUT2D eigenvalue weighted by atomic mass is 16.6. The molecule has 0 saturated carbocycles. The maximum absolute atomic E-state index is 12.7. The van der Waals surface area contributed by atoms with Crippen LogP contribution in [0.5, 0.6) is 0 Å². The molecule has 324 valence electrons. The van der Waals surface area contributed by atoms with Crippen molar-refractivity contribution >= 4 is 17.9 Å². The molecule has 0 aliphatic carbocycles. The average molecular weight is 777 g/mol. The lowest BCUT2D eigenvalue weighted by molar-refractivity contribution is -0.167. The first-order valence-corrected chi connectivity index (χ1v) is 24.2. The van der Waals surface area contributed by atoms with Crippen LogP contribution in [0.25, 0.3) is 0 Å². The summed E-state index contributed by atoms with van der Waals surface area (Å²) in [5.74, 6) is -0.872. The van der Waals surface area contributed by atoms with Crippen LogP contribution in [0.2, 0.25) is 0 Å². The Balaban J connectivity index is 4.29. The minimum atomic E-state index is -0.765. The molecule has 0 aliphatic heterocycles. The third-order valence-corrected chi connectivity index (χ3v) is 10.8. The largest absolute Gasteiger partial charge is 0.462 e. The van der Waals surface area contributed by atoms with Crippen molar-refractivity contribution in [2.24, 2.45) is 0 Å². The van der Waals surface area contributed by atoms with E-state index in [0.29, 0.717) is 19.3 Å². The summed E-state index contributed by atoms with van der Waals surface area (Å²) in [6.45, 7) is 6.60. The average Bonchev–Trinajstić information content (AvgIpc) is 3.18. The van der Waals surface area contributed by atoms with E-state index in [-0.39, 0.29) is 31.1 Å². The SMILES string of the molecule is CCCC/C=C\CCCCCCC(=O)OCC(COC(=O)CCCCCCCCCCCCCCCCCC)OC(=O)CCCCCCCCCCCCC. The summed E-state index contributed by atoms with van der Waals surface area (Å²) in [5, 5.41) is 0. The summed E-state index contributed by atoms with van der Waals surface area (Å²) < 4.78 is 16.7. The molecule has 0 saturated heterocycles. The van der Waals surface area contributed by atoms with Gasteiger partial charge in [0.2, 0.25) is 0 Å². The molecule has 0 radical (unpaired) electrons. The van der Waals surface area contributed by atoms with E-state index >= 15 is 0 Å². The first-order valence-electron chi connectivity index (χ1n) is 24.2. The number of hydrogen-bond acceptors (Lipinski definition) is 6. The van der Waals surface area contributed by atoms with Crippen molar-refractivity contribution in [1.29, 1.82) is 0 Å². The maximum atomic E-state index is 12.7. The molecule has 0 N–H and O–H groups in total. The first-order chi connectivity index (χ1) is 27.0. The van der Waals surface area contributed by atoms with E-state index in [1.54, 1.807) is 0 Å². The summed E-state index contributed by atoms with van der Waals surface area (Å²) >= 11 is 0. The quantitative estimate of drug-likeness (QED) is 0.0265. The Morgan fingerprint density at radius 3 is 0.964 bits per heavy atom. The molecule has 0 aromatic carbocycles. The van der Waals surface area contributed by atoms with E-state index in [1.807, 2.05) is 0 Å². The minimum Gasteiger partial charge on any atom is -0.462 e. The number of ether oxygens (including phenoxy) is 3. The van der Waals surface area contributed by atoms with E-state index in [0.717, 1.165) is 77.0 Å². The first kappa shape index (κ1) is 53.1. The Hall–Kier alpha value is -1.85. The Morgan fingerprint density at radius 2 is 0.618 bits per heavy atom. The number of carbonyl (C=O) groups is 3. The molecule has 6 heteroatoms. The number of unbranched alkanes of at least 4 members (excludes halogenated alkanes) is 31. The molecule has 0 bridgehead atoms. The van der Waals surface area contributed by atoms with Gasteiger partial charge in [-0.1, -0.05) is 219 Å². The third-order valence-electron chi connectivity index (χ3n) is 10.8. The lowest BCUT2D eigenvalue weighted by Crippen LogP contribution is -2.30. The van der Waals surface area contributed by atoms with Gasteiger partial charge in [-0.3, -0.25) is 14.4 Å². The molecule has 0 aromatic rings. The topological polar surface area (TPSA) is 78.9 Å². The van der Waals surface area contributed by atoms with Crippen molar-refractivity contribution in [1.82, 2.24) is 0 Å². The molecule has 0 rings (SSSR count). The Morgan fingerprint density at radius 1 is 0.345 bits per heavy atom. The Bertz CT molecular complexity index is 854. The van der Waals surface area contributed by atoms with Gasteiger partial charge in [-0.05, 0) is 38.5 Å². The number of esters is 3. The summed E-state index contributed by atoms with van der Waals surface area (Å²) in [5.41, 5.74) is 0. The van der Waals surface area contributed by atoms with Crippen LogP contribution in [0.1, 0.15) is 265 Å². The van der Waals surface area contributed by atoms with Gasteiger partial charge in [-0.2, -0.15) is 0 Å². The predicted octanol–water partition coefficient (Wildman–Crippen LogP) is 15.4. The highest BCUT2D eigenvalue weighted by Crippen LogP contribution is 2.16. The van der Waals surface area contributed by atoms with Crippen LogP contribution < -0.4 is 0 Å². The summed E-state index contributed by atoms with van der Waals surface area (Å²) in [6, 6.07) is 0. The van der Waals surface area contributed by atoms with Gasteiger partial charge >= 0.3 is 17.9 Å². The van der Waals surface area contributed by atoms with Crippen molar-refractivity contribution in [3.63, 3.8) is 0 Å². The maximum Gasteiger partial charge on any atom is 0.306 e. The number of rotatable bonds is 44. The fraction of sp³-hybridized carbons (Fsp3) is 0.898. The molecule has 6 nitrogen and oxygen atoms in total. The zero-order valence-electron chi connectivity index (χ0n) is 37.0. The number of allylic oxidation sites excluding steroid dienone is 2. The fourth-order valence-electron chi connectivity index (χ4n) is 7.07. The zero-order chi connectivity index (χ0) is 40.1. The molecule has 0 heterocycles. The van der Waals surface area contributed by atoms with Crippen molar-refractivity contribution in [3.05, 3.63) is 12.2 Å². The fourth-order valence-corrected chi connectivity index (χ4v) is 7.07. The molecule has 0 aromatic heterocycles. The number of carbonyl (C=O) groups excluding carboxylic acids is 3. The number of hydrogen-bond donors (Lipinski definition) is 0. The van der Waals surface area contributed by atoms with Crippen molar-refractivity contribution in [3.8, 4) is 0 Å². The van der Waals surface area contributed by atoms with E-state index in [1.165, 1.54) is 148 Å². The lowest BCUT2D eigenvalue weighted by atomic mass is 10.0. The minimum absolute atomic E-state index is 0.0687. The van der Waals surface area contributed by atoms with Gasteiger partial charge in [0, 0.05) is 19.3 Å². The second-order valence-corrected chi connectivity index (χ2v) is 16.4. The standard InChI is InChI=1S/C49H92O6/c1-4-7-10-13-16-19-22-23-24-25-26-28-30-33-36-39-42-48(51)54-45-46(44-53-47(50)41-38-35-32-29-21-18-15-12-9-6-3)55-49(52)43-40-37-34-31-27-20-17-14-11-8-5-2/h15,18,46H,4-14,16-17,19-45H2,1-3H3/b18-15-. The molecule has 0 spiro atoms. The van der Waals surface area contributed by atoms with E-state index < -0.39 is 6.10 Å². The van der Waals surface area contributed by atoms with Crippen molar-refractivity contribution in [2.75, 3.05) is 13.2 Å². The van der Waals surface area contributed by atoms with Crippen LogP contribution in [0.3, 0.4) is 0 Å². The van der Waals surface area contributed by atoms with Gasteiger partial charge in [0.15, 0.2) is 6.10 Å². The Labute approximate surface area is 341 Å². The lowest BCUT2D eigenvalue weighted by Gasteiger charge is -2.18. The third kappa shape index (κ3) is 43.1.